The third-order valence-electron chi connectivity index (χ3n) is 5.10. The molecular weight excluding hydrogens is 380 g/mol. The lowest BCUT2D eigenvalue weighted by molar-refractivity contribution is 0.142. The molecule has 2 N–H and O–H groups in total. The zero-order chi connectivity index (χ0) is 22.1. The fourth-order valence-electron chi connectivity index (χ4n) is 3.18. The average Bonchev–Trinajstić information content (AvgIpc) is 2.74. The standard InChI is InChI=1S/C24H48N2O4/c1-3-5-7-9-13-17-21-29-23(27)25-19-15-11-12-16-20-26-24(28)30-22-18-14-10-8-6-4-2/h3-22H2,1-2H3,(H,25,27)(H,26,28). The number of ether oxygens (including phenoxy) is 2. The molecule has 0 unspecified atom stereocenters. The molecule has 0 atom stereocenters. The Labute approximate surface area is 185 Å². The number of nitrogens with one attached hydrogen (secondary N) is 2. The van der Waals surface area contributed by atoms with E-state index >= 15 is 0 Å². The van der Waals surface area contributed by atoms with Crippen molar-refractivity contribution in [3.8, 4) is 0 Å². The first-order chi connectivity index (χ1) is 14.7. The predicted molar refractivity (Wildman–Crippen MR) is 124 cm³/mol. The lowest BCUT2D eigenvalue weighted by Gasteiger charge is -2.08. The minimum absolute atomic E-state index is 0.307. The van der Waals surface area contributed by atoms with Gasteiger partial charge in [-0.15, -0.1) is 0 Å². The molecule has 6 heteroatoms. The maximum Gasteiger partial charge on any atom is 0.407 e. The molecule has 2 amide bonds. The van der Waals surface area contributed by atoms with Crippen molar-refractivity contribution < 1.29 is 19.1 Å². The highest BCUT2D eigenvalue weighted by Gasteiger charge is 2.02. The first kappa shape index (κ1) is 28.5. The quantitative estimate of drug-likeness (QED) is 0.199. The van der Waals surface area contributed by atoms with Crippen LogP contribution >= 0.6 is 0 Å². The molecule has 30 heavy (non-hydrogen) atoms. The Bertz CT molecular complexity index is 355. The van der Waals surface area contributed by atoms with Crippen LogP contribution in [0, 0.1) is 0 Å². The molecule has 0 aromatic rings. The van der Waals surface area contributed by atoms with Crippen molar-refractivity contribution in [1.82, 2.24) is 10.6 Å². The average molecular weight is 429 g/mol. The smallest absolute Gasteiger partial charge is 0.407 e. The summed E-state index contributed by atoms with van der Waals surface area (Å²) in [5, 5.41) is 5.59. The number of alkyl carbamates (subject to hydrolysis) is 2. The minimum atomic E-state index is -0.307. The summed E-state index contributed by atoms with van der Waals surface area (Å²) in [6.45, 7) is 6.72. The molecule has 0 bridgehead atoms. The number of hydrogen-bond donors (Lipinski definition) is 2. The third-order valence-corrected chi connectivity index (χ3v) is 5.10. The molecule has 0 saturated carbocycles. The number of hydrogen-bond acceptors (Lipinski definition) is 4. The predicted octanol–water partition coefficient (Wildman–Crippen LogP) is 6.72. The zero-order valence-electron chi connectivity index (χ0n) is 19.8. The Morgan fingerprint density at radius 3 is 1.23 bits per heavy atom. The van der Waals surface area contributed by atoms with Gasteiger partial charge in [0.05, 0.1) is 13.2 Å². The van der Waals surface area contributed by atoms with Crippen molar-refractivity contribution in [2.24, 2.45) is 0 Å². The van der Waals surface area contributed by atoms with E-state index in [1.165, 1.54) is 51.4 Å². The highest BCUT2D eigenvalue weighted by molar-refractivity contribution is 5.67. The number of carbonyl (C=O) groups is 2. The second-order valence-corrected chi connectivity index (χ2v) is 8.08. The molecule has 0 aliphatic carbocycles. The molecule has 0 aliphatic heterocycles. The Morgan fingerprint density at radius 1 is 0.500 bits per heavy atom. The summed E-state index contributed by atoms with van der Waals surface area (Å²) in [6.07, 6.45) is 17.5. The minimum Gasteiger partial charge on any atom is -0.450 e. The van der Waals surface area contributed by atoms with Crippen LogP contribution in [-0.2, 0) is 9.47 Å². The van der Waals surface area contributed by atoms with E-state index in [1.54, 1.807) is 0 Å². The summed E-state index contributed by atoms with van der Waals surface area (Å²) in [6, 6.07) is 0. The fourth-order valence-corrected chi connectivity index (χ4v) is 3.18. The molecule has 0 fully saturated rings. The summed E-state index contributed by atoms with van der Waals surface area (Å²) in [5.41, 5.74) is 0. The topological polar surface area (TPSA) is 76.7 Å². The van der Waals surface area contributed by atoms with Crippen molar-refractivity contribution in [3.05, 3.63) is 0 Å². The first-order valence-electron chi connectivity index (χ1n) is 12.5. The van der Waals surface area contributed by atoms with Gasteiger partial charge in [-0.1, -0.05) is 90.9 Å². The highest BCUT2D eigenvalue weighted by Crippen LogP contribution is 2.06. The molecule has 0 heterocycles. The second-order valence-electron chi connectivity index (χ2n) is 8.08. The number of unbranched alkanes of at least 4 members (excludes halogenated alkanes) is 13. The van der Waals surface area contributed by atoms with E-state index in [4.69, 9.17) is 9.47 Å². The number of amides is 2. The largest absolute Gasteiger partial charge is 0.450 e. The van der Waals surface area contributed by atoms with E-state index in [0.717, 1.165) is 51.4 Å². The van der Waals surface area contributed by atoms with Crippen LogP contribution in [0.25, 0.3) is 0 Å². The summed E-state index contributed by atoms with van der Waals surface area (Å²) >= 11 is 0. The van der Waals surface area contributed by atoms with Crippen molar-refractivity contribution in [2.75, 3.05) is 26.3 Å². The lowest BCUT2D eigenvalue weighted by Crippen LogP contribution is -2.26. The van der Waals surface area contributed by atoms with Crippen LogP contribution in [-0.4, -0.2) is 38.5 Å². The van der Waals surface area contributed by atoms with Gasteiger partial charge in [-0.2, -0.15) is 0 Å². The molecule has 0 radical (unpaired) electrons. The van der Waals surface area contributed by atoms with Crippen LogP contribution in [0.5, 0.6) is 0 Å². The maximum absolute atomic E-state index is 11.6. The van der Waals surface area contributed by atoms with E-state index in [0.29, 0.717) is 26.3 Å². The van der Waals surface area contributed by atoms with Gasteiger partial charge in [0.2, 0.25) is 0 Å². The Balaban J connectivity index is 3.25. The normalized spacial score (nSPS) is 10.6. The van der Waals surface area contributed by atoms with Crippen LogP contribution in [0.4, 0.5) is 9.59 Å². The van der Waals surface area contributed by atoms with Crippen molar-refractivity contribution in [3.63, 3.8) is 0 Å². The van der Waals surface area contributed by atoms with Gasteiger partial charge in [-0.25, -0.2) is 9.59 Å². The van der Waals surface area contributed by atoms with Crippen LogP contribution in [0.15, 0.2) is 0 Å². The highest BCUT2D eigenvalue weighted by atomic mass is 16.6. The summed E-state index contributed by atoms with van der Waals surface area (Å²) < 4.78 is 10.3. The SMILES string of the molecule is CCCCCCCCOC(=O)NCCCCCCNC(=O)OCCCCCCCC. The first-order valence-corrected chi connectivity index (χ1v) is 12.5. The summed E-state index contributed by atoms with van der Waals surface area (Å²) in [4.78, 5) is 23.1. The lowest BCUT2D eigenvalue weighted by atomic mass is 10.1. The fraction of sp³-hybridized carbons (Fsp3) is 0.917. The molecule has 6 nitrogen and oxygen atoms in total. The monoisotopic (exact) mass is 428 g/mol. The van der Waals surface area contributed by atoms with Crippen LogP contribution in [0.2, 0.25) is 0 Å². The summed E-state index contributed by atoms with van der Waals surface area (Å²) in [5.74, 6) is 0. The molecule has 0 saturated heterocycles. The van der Waals surface area contributed by atoms with Crippen LogP contribution in [0.1, 0.15) is 117 Å². The van der Waals surface area contributed by atoms with Gasteiger partial charge in [-0.3, -0.25) is 0 Å². The summed E-state index contributed by atoms with van der Waals surface area (Å²) in [7, 11) is 0. The van der Waals surface area contributed by atoms with E-state index in [2.05, 4.69) is 24.5 Å². The van der Waals surface area contributed by atoms with Gasteiger partial charge in [-0.05, 0) is 25.7 Å². The Morgan fingerprint density at radius 2 is 0.833 bits per heavy atom. The van der Waals surface area contributed by atoms with Gasteiger partial charge in [0, 0.05) is 13.1 Å². The molecule has 0 aromatic heterocycles. The molecule has 178 valence electrons. The van der Waals surface area contributed by atoms with Crippen molar-refractivity contribution in [2.45, 2.75) is 117 Å². The van der Waals surface area contributed by atoms with Crippen LogP contribution < -0.4 is 10.6 Å². The maximum atomic E-state index is 11.6. The molecule has 0 aliphatic rings. The molecule has 0 rings (SSSR count). The number of rotatable bonds is 21. The van der Waals surface area contributed by atoms with Crippen molar-refractivity contribution >= 4 is 12.2 Å². The van der Waals surface area contributed by atoms with E-state index in [9.17, 15) is 9.59 Å². The van der Waals surface area contributed by atoms with E-state index in [-0.39, 0.29) is 12.2 Å². The van der Waals surface area contributed by atoms with Gasteiger partial charge in [0.15, 0.2) is 0 Å². The molecular formula is C24H48N2O4. The Hall–Kier alpha value is -1.46. The molecule has 0 spiro atoms. The van der Waals surface area contributed by atoms with Gasteiger partial charge in [0.1, 0.15) is 0 Å². The van der Waals surface area contributed by atoms with Crippen molar-refractivity contribution in [1.29, 1.82) is 0 Å². The van der Waals surface area contributed by atoms with E-state index < -0.39 is 0 Å². The Kier molecular flexibility index (Phi) is 22.7. The third kappa shape index (κ3) is 22.8. The van der Waals surface area contributed by atoms with Gasteiger partial charge in [0.25, 0.3) is 0 Å². The number of carbonyl (C=O) groups excluding carboxylic acids is 2. The zero-order valence-corrected chi connectivity index (χ0v) is 19.8. The molecule has 0 aromatic carbocycles. The van der Waals surface area contributed by atoms with Gasteiger partial charge >= 0.3 is 12.2 Å². The van der Waals surface area contributed by atoms with Crippen LogP contribution in [0.3, 0.4) is 0 Å². The van der Waals surface area contributed by atoms with E-state index in [1.807, 2.05) is 0 Å². The second kappa shape index (κ2) is 23.8. The van der Waals surface area contributed by atoms with Gasteiger partial charge < -0.3 is 20.1 Å².